The van der Waals surface area contributed by atoms with Gasteiger partial charge in [0.05, 0.1) is 16.5 Å². The number of unbranched alkanes of at least 4 members (excludes halogenated alkanes) is 2. The second-order valence-corrected chi connectivity index (χ2v) is 7.67. The first-order valence-corrected chi connectivity index (χ1v) is 9.89. The third-order valence-corrected chi connectivity index (χ3v) is 5.42. The highest BCUT2D eigenvalue weighted by Crippen LogP contribution is 2.34. The van der Waals surface area contributed by atoms with E-state index in [1.165, 1.54) is 23.1 Å². The molecule has 0 spiro atoms. The second kappa shape index (κ2) is 10.0. The molecule has 0 radical (unpaired) electrons. The van der Waals surface area contributed by atoms with Gasteiger partial charge in [-0.2, -0.15) is 0 Å². The van der Waals surface area contributed by atoms with Gasteiger partial charge in [0, 0.05) is 18.5 Å². The van der Waals surface area contributed by atoms with Crippen molar-refractivity contribution < 1.29 is 18.7 Å². The van der Waals surface area contributed by atoms with E-state index in [1.54, 1.807) is 13.0 Å². The van der Waals surface area contributed by atoms with Gasteiger partial charge in [0.2, 0.25) is 0 Å². The number of rotatable bonds is 8. The van der Waals surface area contributed by atoms with Crippen LogP contribution in [0.3, 0.4) is 0 Å². The molecular weight excluding hydrogens is 397 g/mol. The third-order valence-electron chi connectivity index (χ3n) is 3.72. The largest absolute Gasteiger partial charge is 0.466 e. The summed E-state index contributed by atoms with van der Waals surface area (Å²) in [5.41, 5.74) is 0.184. The van der Waals surface area contributed by atoms with E-state index in [1.807, 2.05) is 0 Å². The van der Waals surface area contributed by atoms with Gasteiger partial charge < -0.3 is 4.74 Å². The molecule has 0 N–H and O–H groups in total. The number of benzene rings is 1. The molecule has 0 aliphatic carbocycles. The molecule has 4 nitrogen and oxygen atoms in total. The highest BCUT2D eigenvalue weighted by molar-refractivity contribution is 8.26. The summed E-state index contributed by atoms with van der Waals surface area (Å²) in [6.45, 7) is 2.62. The van der Waals surface area contributed by atoms with Crippen molar-refractivity contribution in [3.8, 4) is 0 Å². The zero-order valence-electron chi connectivity index (χ0n) is 14.3. The Kier molecular flexibility index (Phi) is 8.06. The molecule has 1 aromatic rings. The van der Waals surface area contributed by atoms with E-state index in [0.29, 0.717) is 35.2 Å². The predicted octanol–water partition coefficient (Wildman–Crippen LogP) is 4.80. The van der Waals surface area contributed by atoms with Crippen molar-refractivity contribution >= 4 is 57.9 Å². The molecule has 1 fully saturated rings. The lowest BCUT2D eigenvalue weighted by Gasteiger charge is -2.14. The van der Waals surface area contributed by atoms with E-state index in [-0.39, 0.29) is 22.5 Å². The van der Waals surface area contributed by atoms with Crippen LogP contribution in [0.4, 0.5) is 4.39 Å². The molecule has 0 atom stereocenters. The van der Waals surface area contributed by atoms with E-state index in [0.717, 1.165) is 24.6 Å². The Hall–Kier alpha value is -1.44. The van der Waals surface area contributed by atoms with Crippen molar-refractivity contribution in [2.24, 2.45) is 0 Å². The fourth-order valence-electron chi connectivity index (χ4n) is 2.42. The van der Waals surface area contributed by atoms with Gasteiger partial charge in [0.15, 0.2) is 0 Å². The van der Waals surface area contributed by atoms with E-state index < -0.39 is 5.82 Å². The van der Waals surface area contributed by atoms with Crippen LogP contribution in [0.1, 0.15) is 38.2 Å². The molecular formula is C18H19ClFNO3S2. The number of amides is 1. The van der Waals surface area contributed by atoms with Crippen LogP contribution in [-0.2, 0) is 14.3 Å². The van der Waals surface area contributed by atoms with Crippen LogP contribution in [0.5, 0.6) is 0 Å². The Morgan fingerprint density at radius 1 is 1.38 bits per heavy atom. The number of ether oxygens (including phenoxy) is 1. The molecule has 1 aromatic carbocycles. The van der Waals surface area contributed by atoms with Crippen molar-refractivity contribution in [2.75, 3.05) is 13.2 Å². The maximum atomic E-state index is 13.9. The molecule has 0 aromatic heterocycles. The average Bonchev–Trinajstić information content (AvgIpc) is 2.85. The van der Waals surface area contributed by atoms with Crippen LogP contribution >= 0.6 is 35.6 Å². The normalized spacial score (nSPS) is 15.8. The molecule has 8 heteroatoms. The van der Waals surface area contributed by atoms with Crippen LogP contribution in [0, 0.1) is 5.82 Å². The lowest BCUT2D eigenvalue weighted by molar-refractivity contribution is -0.143. The molecule has 0 saturated carbocycles. The van der Waals surface area contributed by atoms with Gasteiger partial charge in [0.25, 0.3) is 5.91 Å². The van der Waals surface area contributed by atoms with E-state index in [9.17, 15) is 14.0 Å². The summed E-state index contributed by atoms with van der Waals surface area (Å²) >= 11 is 12.4. The van der Waals surface area contributed by atoms with Crippen LogP contribution in [0.15, 0.2) is 23.1 Å². The van der Waals surface area contributed by atoms with E-state index in [2.05, 4.69) is 0 Å². The number of carbonyl (C=O) groups excluding carboxylic acids is 2. The average molecular weight is 416 g/mol. The lowest BCUT2D eigenvalue weighted by atomic mass is 10.2. The van der Waals surface area contributed by atoms with Crippen molar-refractivity contribution in [3.63, 3.8) is 0 Å². The number of hydrogen-bond donors (Lipinski definition) is 0. The van der Waals surface area contributed by atoms with Crippen LogP contribution in [-0.4, -0.2) is 34.2 Å². The molecule has 26 heavy (non-hydrogen) atoms. The van der Waals surface area contributed by atoms with Gasteiger partial charge in [-0.15, -0.1) is 0 Å². The Bertz CT molecular complexity index is 719. The second-order valence-electron chi connectivity index (χ2n) is 5.58. The minimum Gasteiger partial charge on any atom is -0.466 e. The van der Waals surface area contributed by atoms with Crippen molar-refractivity contribution in [3.05, 3.63) is 39.5 Å². The summed E-state index contributed by atoms with van der Waals surface area (Å²) in [7, 11) is 0. The zero-order chi connectivity index (χ0) is 19.1. The maximum absolute atomic E-state index is 13.9. The smallest absolute Gasteiger partial charge is 0.305 e. The fraction of sp³-hybridized carbons (Fsp3) is 0.389. The molecule has 1 heterocycles. The first-order chi connectivity index (χ1) is 12.4. The summed E-state index contributed by atoms with van der Waals surface area (Å²) in [6.07, 6.45) is 4.03. The summed E-state index contributed by atoms with van der Waals surface area (Å²) in [5.74, 6) is -0.936. The van der Waals surface area contributed by atoms with Crippen molar-refractivity contribution in [1.82, 2.24) is 4.90 Å². The monoisotopic (exact) mass is 415 g/mol. The molecule has 0 unspecified atom stereocenters. The summed E-state index contributed by atoms with van der Waals surface area (Å²) in [6, 6.07) is 4.37. The van der Waals surface area contributed by atoms with Gasteiger partial charge in [0.1, 0.15) is 10.1 Å². The Morgan fingerprint density at radius 2 is 2.15 bits per heavy atom. The number of carbonyl (C=O) groups is 2. The Balaban J connectivity index is 1.90. The molecule has 1 saturated heterocycles. The lowest BCUT2D eigenvalue weighted by Crippen LogP contribution is -2.29. The van der Waals surface area contributed by atoms with Crippen LogP contribution in [0.2, 0.25) is 5.02 Å². The first kappa shape index (κ1) is 20.9. The Labute approximate surface area is 166 Å². The predicted molar refractivity (Wildman–Crippen MR) is 106 cm³/mol. The topological polar surface area (TPSA) is 46.6 Å². The molecule has 1 amide bonds. The third kappa shape index (κ3) is 5.53. The zero-order valence-corrected chi connectivity index (χ0v) is 16.7. The van der Waals surface area contributed by atoms with Gasteiger partial charge in [-0.05, 0) is 38.0 Å². The summed E-state index contributed by atoms with van der Waals surface area (Å²) < 4.78 is 19.2. The molecule has 0 bridgehead atoms. The summed E-state index contributed by atoms with van der Waals surface area (Å²) in [4.78, 5) is 25.6. The highest BCUT2D eigenvalue weighted by atomic mass is 35.5. The highest BCUT2D eigenvalue weighted by Gasteiger charge is 2.31. The number of thiocarbonyl (C=S) groups is 1. The van der Waals surface area contributed by atoms with Gasteiger partial charge in [-0.3, -0.25) is 14.5 Å². The molecule has 1 aliphatic heterocycles. The van der Waals surface area contributed by atoms with E-state index >= 15 is 0 Å². The Morgan fingerprint density at radius 3 is 2.85 bits per heavy atom. The number of thioether (sulfide) groups is 1. The first-order valence-electron chi connectivity index (χ1n) is 8.29. The maximum Gasteiger partial charge on any atom is 0.305 e. The van der Waals surface area contributed by atoms with Gasteiger partial charge >= 0.3 is 5.97 Å². The quantitative estimate of drug-likeness (QED) is 0.264. The standard InChI is InChI=1S/C18H19ClFNO3S2/c1-2-24-16(22)9-4-3-5-10-21-17(23)15(26-18(21)25)11-12-13(19)7-6-8-14(12)20/h6-8,11H,2-5,9-10H2,1H3/b15-11+. The van der Waals surface area contributed by atoms with Crippen molar-refractivity contribution in [1.29, 1.82) is 0 Å². The number of esters is 1. The number of halogens is 2. The van der Waals surface area contributed by atoms with Crippen LogP contribution in [0.25, 0.3) is 6.08 Å². The van der Waals surface area contributed by atoms with Crippen molar-refractivity contribution in [2.45, 2.75) is 32.6 Å². The minimum absolute atomic E-state index is 0.184. The van der Waals surface area contributed by atoms with Crippen LogP contribution < -0.4 is 0 Å². The minimum atomic E-state index is -0.485. The summed E-state index contributed by atoms with van der Waals surface area (Å²) in [5, 5.41) is 0.245. The number of hydrogen-bond acceptors (Lipinski definition) is 5. The van der Waals surface area contributed by atoms with Gasteiger partial charge in [-0.25, -0.2) is 4.39 Å². The number of nitrogens with zero attached hydrogens (tertiary/aromatic N) is 1. The molecule has 1 aliphatic rings. The SMILES string of the molecule is CCOC(=O)CCCCCN1C(=O)/C(=C\c2c(F)cccc2Cl)SC1=S. The van der Waals surface area contributed by atoms with E-state index in [4.69, 9.17) is 28.6 Å². The molecule has 140 valence electrons. The van der Waals surface area contributed by atoms with Gasteiger partial charge in [-0.1, -0.05) is 48.1 Å². The molecule has 2 rings (SSSR count). The fourth-order valence-corrected chi connectivity index (χ4v) is 3.93.